The van der Waals surface area contributed by atoms with Crippen molar-refractivity contribution in [3.05, 3.63) is 46.9 Å². The van der Waals surface area contributed by atoms with Crippen molar-refractivity contribution < 1.29 is 14.4 Å². The van der Waals surface area contributed by atoms with Crippen LogP contribution in [0.15, 0.2) is 30.6 Å². The summed E-state index contributed by atoms with van der Waals surface area (Å²) in [7, 11) is 0. The van der Waals surface area contributed by atoms with Crippen LogP contribution in [-0.4, -0.2) is 32.8 Å². The summed E-state index contributed by atoms with van der Waals surface area (Å²) in [4.78, 5) is 7.01. The Kier molecular flexibility index (Phi) is 3.97. The average molecular weight is 347 g/mol. The maximum atomic E-state index is 13.8. The highest BCUT2D eigenvalue weighted by Gasteiger charge is 2.35. The Morgan fingerprint density at radius 3 is 3.08 bits per heavy atom. The number of benzene rings is 1. The highest BCUT2D eigenvalue weighted by molar-refractivity contribution is 7.17. The molecule has 0 spiro atoms. The molecule has 0 bridgehead atoms. The Hall–Kier alpha value is -1.99. The highest BCUT2D eigenvalue weighted by atomic mass is 32.1. The van der Waals surface area contributed by atoms with Crippen LogP contribution in [0.3, 0.4) is 0 Å². The van der Waals surface area contributed by atoms with Gasteiger partial charge in [-0.15, -0.1) is 0 Å². The van der Waals surface area contributed by atoms with Crippen molar-refractivity contribution in [1.82, 2.24) is 14.6 Å². The number of aromatic nitrogens is 3. The number of fused-ring (bicyclic) bond motifs is 1. The van der Waals surface area contributed by atoms with Gasteiger partial charge in [-0.25, -0.2) is 9.37 Å². The second-order valence-electron chi connectivity index (χ2n) is 6.59. The van der Waals surface area contributed by atoms with Crippen molar-refractivity contribution in [2.45, 2.75) is 25.8 Å². The minimum Gasteiger partial charge on any atom is -0.492 e. The van der Waals surface area contributed by atoms with Crippen LogP contribution in [0, 0.1) is 11.7 Å². The van der Waals surface area contributed by atoms with E-state index < -0.39 is 0 Å². The minimum absolute atomic E-state index is 0.100. The number of hydrogen-bond donors (Lipinski definition) is 2. The van der Waals surface area contributed by atoms with Gasteiger partial charge < -0.3 is 10.0 Å². The number of nitrogens with zero attached hydrogens (tertiary/aromatic N) is 3. The Bertz CT molecular complexity index is 861. The molecule has 126 valence electrons. The largest absolute Gasteiger partial charge is 0.492 e. The van der Waals surface area contributed by atoms with Crippen LogP contribution in [0.2, 0.25) is 0 Å². The smallest absolute Gasteiger partial charge is 0.235 e. The van der Waals surface area contributed by atoms with Crippen molar-refractivity contribution >= 4 is 16.3 Å². The zero-order chi connectivity index (χ0) is 16.7. The lowest BCUT2D eigenvalue weighted by atomic mass is 9.95. The maximum Gasteiger partial charge on any atom is 0.235 e. The van der Waals surface area contributed by atoms with Crippen LogP contribution >= 0.6 is 11.3 Å². The molecule has 0 aliphatic carbocycles. The van der Waals surface area contributed by atoms with Crippen LogP contribution in [0.1, 0.15) is 36.2 Å². The Morgan fingerprint density at radius 1 is 1.46 bits per heavy atom. The third-order valence-electron chi connectivity index (χ3n) is 4.80. The molecule has 3 aromatic rings. The highest BCUT2D eigenvalue weighted by Crippen LogP contribution is 2.35. The van der Waals surface area contributed by atoms with E-state index in [1.54, 1.807) is 12.1 Å². The lowest BCUT2D eigenvalue weighted by Gasteiger charge is -2.34. The van der Waals surface area contributed by atoms with Crippen LogP contribution in [0.25, 0.3) is 4.96 Å². The molecule has 0 amide bonds. The molecule has 2 aromatic heterocycles. The molecule has 4 rings (SSSR count). The summed E-state index contributed by atoms with van der Waals surface area (Å²) in [5.74, 6) is 0.488. The Morgan fingerprint density at radius 2 is 2.33 bits per heavy atom. The van der Waals surface area contributed by atoms with Gasteiger partial charge in [-0.1, -0.05) is 30.4 Å². The van der Waals surface area contributed by atoms with Crippen molar-refractivity contribution in [2.24, 2.45) is 5.92 Å². The number of likely N-dealkylation sites (tertiary alicyclic amines) is 1. The van der Waals surface area contributed by atoms with Gasteiger partial charge in [0, 0.05) is 11.5 Å². The molecular formula is C17H20FN4OS+. The Labute approximate surface area is 143 Å². The number of aromatic hydroxyl groups is 1. The van der Waals surface area contributed by atoms with Gasteiger partial charge in [0.05, 0.1) is 13.1 Å². The van der Waals surface area contributed by atoms with Crippen LogP contribution in [-0.2, 0) is 0 Å². The van der Waals surface area contributed by atoms with E-state index in [4.69, 9.17) is 0 Å². The quantitative estimate of drug-likeness (QED) is 0.762. The third kappa shape index (κ3) is 2.67. The van der Waals surface area contributed by atoms with E-state index in [9.17, 15) is 9.50 Å². The fourth-order valence-electron chi connectivity index (χ4n) is 3.73. The first-order chi connectivity index (χ1) is 11.6. The van der Waals surface area contributed by atoms with E-state index in [0.717, 1.165) is 30.0 Å². The summed E-state index contributed by atoms with van der Waals surface area (Å²) in [5.41, 5.74) is 0.888. The first-order valence-electron chi connectivity index (χ1n) is 8.25. The van der Waals surface area contributed by atoms with E-state index in [1.807, 2.05) is 6.07 Å². The molecule has 1 aromatic carbocycles. The molecule has 1 unspecified atom stereocenters. The van der Waals surface area contributed by atoms with Gasteiger partial charge in [0.25, 0.3) is 0 Å². The van der Waals surface area contributed by atoms with E-state index in [0.29, 0.717) is 10.9 Å². The summed E-state index contributed by atoms with van der Waals surface area (Å²) in [6.45, 7) is 4.28. The topological polar surface area (TPSA) is 54.9 Å². The SMILES string of the molecule is C[C@@H]1CCC[NH+]([C@@H](c2cccc(F)c2)c2sc3ncnn3c2O)C1. The summed E-state index contributed by atoms with van der Waals surface area (Å²) in [6.07, 6.45) is 3.80. The predicted octanol–water partition coefficient (Wildman–Crippen LogP) is 2.04. The minimum atomic E-state index is -0.249. The van der Waals surface area contributed by atoms with Gasteiger partial charge in [0.15, 0.2) is 6.04 Å². The number of piperidine rings is 1. The lowest BCUT2D eigenvalue weighted by molar-refractivity contribution is -0.933. The van der Waals surface area contributed by atoms with Crippen LogP contribution in [0.4, 0.5) is 4.39 Å². The van der Waals surface area contributed by atoms with Gasteiger partial charge >= 0.3 is 0 Å². The van der Waals surface area contributed by atoms with E-state index in [1.165, 1.54) is 39.6 Å². The van der Waals surface area contributed by atoms with Gasteiger partial charge in [-0.05, 0) is 25.0 Å². The summed E-state index contributed by atoms with van der Waals surface area (Å²) < 4.78 is 15.3. The lowest BCUT2D eigenvalue weighted by Crippen LogP contribution is -3.13. The number of nitrogens with one attached hydrogen (secondary N) is 1. The zero-order valence-electron chi connectivity index (χ0n) is 13.4. The normalized spacial score (nSPS) is 22.8. The molecule has 0 saturated carbocycles. The van der Waals surface area contributed by atoms with Crippen LogP contribution in [0.5, 0.6) is 5.88 Å². The third-order valence-corrected chi connectivity index (χ3v) is 5.90. The molecule has 1 aliphatic heterocycles. The predicted molar refractivity (Wildman–Crippen MR) is 89.9 cm³/mol. The molecule has 3 heterocycles. The molecule has 5 nitrogen and oxygen atoms in total. The Balaban J connectivity index is 1.83. The van der Waals surface area contributed by atoms with E-state index in [-0.39, 0.29) is 17.7 Å². The number of thiazole rings is 1. The molecule has 24 heavy (non-hydrogen) atoms. The number of hydrogen-bond acceptors (Lipinski definition) is 4. The first kappa shape index (κ1) is 15.5. The van der Waals surface area contributed by atoms with Gasteiger partial charge in [0.1, 0.15) is 17.0 Å². The molecule has 1 saturated heterocycles. The molecule has 0 radical (unpaired) electrons. The molecule has 7 heteroatoms. The first-order valence-corrected chi connectivity index (χ1v) is 9.06. The average Bonchev–Trinajstić information content (AvgIpc) is 3.12. The molecular weight excluding hydrogens is 327 g/mol. The molecule has 3 atom stereocenters. The van der Waals surface area contributed by atoms with Gasteiger partial charge in [-0.2, -0.15) is 9.61 Å². The maximum absolute atomic E-state index is 13.8. The summed E-state index contributed by atoms with van der Waals surface area (Å²) in [5, 5.41) is 14.7. The van der Waals surface area contributed by atoms with Crippen molar-refractivity contribution in [3.63, 3.8) is 0 Å². The molecule has 2 N–H and O–H groups in total. The van der Waals surface area contributed by atoms with Gasteiger partial charge in [-0.3, -0.25) is 0 Å². The van der Waals surface area contributed by atoms with Crippen molar-refractivity contribution in [1.29, 1.82) is 0 Å². The van der Waals surface area contributed by atoms with Crippen molar-refractivity contribution in [3.8, 4) is 5.88 Å². The van der Waals surface area contributed by atoms with Gasteiger partial charge in [0.2, 0.25) is 10.8 Å². The van der Waals surface area contributed by atoms with E-state index in [2.05, 4.69) is 17.0 Å². The second kappa shape index (κ2) is 6.14. The number of quaternary nitrogens is 1. The monoisotopic (exact) mass is 347 g/mol. The fourth-order valence-corrected chi connectivity index (χ4v) is 4.85. The number of rotatable bonds is 3. The summed E-state index contributed by atoms with van der Waals surface area (Å²) >= 11 is 1.43. The molecule has 1 fully saturated rings. The second-order valence-corrected chi connectivity index (χ2v) is 7.60. The summed E-state index contributed by atoms with van der Waals surface area (Å²) in [6, 6.07) is 6.61. The fraction of sp³-hybridized carbons (Fsp3) is 0.412. The standard InChI is InChI=1S/C17H19FN4OS/c1-11-4-3-7-21(9-11)14(12-5-2-6-13(18)8-12)15-16(23)22-17(24-15)19-10-20-22/h2,5-6,8,10-11,14,23H,3-4,7,9H2,1H3/p+1/t11-,14+/m1/s1. The van der Waals surface area contributed by atoms with Crippen LogP contribution < -0.4 is 4.90 Å². The number of halogens is 1. The molecule has 1 aliphatic rings. The van der Waals surface area contributed by atoms with Crippen molar-refractivity contribution in [2.75, 3.05) is 13.1 Å². The van der Waals surface area contributed by atoms with E-state index >= 15 is 0 Å². The zero-order valence-corrected chi connectivity index (χ0v) is 14.3.